The molecule has 23 heavy (non-hydrogen) atoms. The summed E-state index contributed by atoms with van der Waals surface area (Å²) in [5.41, 5.74) is 1.08. The van der Waals surface area contributed by atoms with E-state index in [-0.39, 0.29) is 11.8 Å². The molecule has 122 valence electrons. The number of hydrogen-bond acceptors (Lipinski definition) is 5. The van der Waals surface area contributed by atoms with E-state index in [1.165, 1.54) is 0 Å². The van der Waals surface area contributed by atoms with Crippen molar-refractivity contribution < 1.29 is 4.79 Å². The molecular weight excluding hydrogens is 292 g/mol. The van der Waals surface area contributed by atoms with Gasteiger partial charge in [0.1, 0.15) is 18.5 Å². The number of nitrogens with zero attached hydrogens (tertiary/aromatic N) is 5. The van der Waals surface area contributed by atoms with Gasteiger partial charge in [-0.1, -0.05) is 6.07 Å². The summed E-state index contributed by atoms with van der Waals surface area (Å²) in [6, 6.07) is 3.80. The molecule has 1 N–H and O–H groups in total. The first kappa shape index (κ1) is 15.6. The number of piperidine rings is 1. The van der Waals surface area contributed by atoms with Crippen LogP contribution in [0, 0.1) is 12.8 Å². The summed E-state index contributed by atoms with van der Waals surface area (Å²) in [7, 11) is 0. The molecule has 0 unspecified atom stereocenters. The average Bonchev–Trinajstić information content (AvgIpc) is 3.09. The molecular formula is C16H22N6O. The van der Waals surface area contributed by atoms with Crippen molar-refractivity contribution >= 4 is 11.7 Å². The third-order valence-corrected chi connectivity index (χ3v) is 4.15. The minimum absolute atomic E-state index is 0.0163. The molecule has 0 aromatic carbocycles. The summed E-state index contributed by atoms with van der Waals surface area (Å²) in [5, 5.41) is 7.03. The predicted octanol–water partition coefficient (Wildman–Crippen LogP) is 1.33. The normalized spacial score (nSPS) is 18.7. The fourth-order valence-corrected chi connectivity index (χ4v) is 2.83. The van der Waals surface area contributed by atoms with Crippen molar-refractivity contribution in [1.82, 2.24) is 24.6 Å². The molecule has 7 heteroatoms. The molecule has 0 aliphatic carbocycles. The van der Waals surface area contributed by atoms with Gasteiger partial charge in [-0.15, -0.1) is 0 Å². The van der Waals surface area contributed by atoms with E-state index in [1.807, 2.05) is 23.7 Å². The van der Waals surface area contributed by atoms with Crippen LogP contribution in [-0.4, -0.2) is 50.2 Å². The summed E-state index contributed by atoms with van der Waals surface area (Å²) in [6.45, 7) is 5.48. The van der Waals surface area contributed by atoms with E-state index >= 15 is 0 Å². The van der Waals surface area contributed by atoms with E-state index in [1.54, 1.807) is 18.9 Å². The number of nitrogens with one attached hydrogen (secondary N) is 1. The second-order valence-electron chi connectivity index (χ2n) is 6.01. The number of carbonyl (C=O) groups is 1. The molecule has 1 fully saturated rings. The molecule has 3 heterocycles. The van der Waals surface area contributed by atoms with Gasteiger partial charge in [0.05, 0.1) is 12.5 Å². The van der Waals surface area contributed by atoms with Crippen molar-refractivity contribution in [3.8, 4) is 0 Å². The first-order chi connectivity index (χ1) is 11.2. The number of aromatic nitrogens is 4. The topological polar surface area (TPSA) is 75.9 Å². The minimum atomic E-state index is 0.0163. The monoisotopic (exact) mass is 314 g/mol. The SMILES string of the molecule is Cc1ccc(NC(=O)[C@@H]2CCCN(CCn3cncn3)C2)nc1. The average molecular weight is 314 g/mol. The van der Waals surface area contributed by atoms with E-state index in [0.717, 1.165) is 44.6 Å². The van der Waals surface area contributed by atoms with Gasteiger partial charge in [0.25, 0.3) is 0 Å². The van der Waals surface area contributed by atoms with Gasteiger partial charge >= 0.3 is 0 Å². The number of pyridine rings is 1. The molecule has 0 spiro atoms. The fraction of sp³-hybridized carbons (Fsp3) is 0.500. The number of rotatable bonds is 5. The molecule has 0 saturated carbocycles. The van der Waals surface area contributed by atoms with Crippen LogP contribution in [-0.2, 0) is 11.3 Å². The Bertz CT molecular complexity index is 625. The largest absolute Gasteiger partial charge is 0.310 e. The molecule has 2 aromatic rings. The zero-order valence-electron chi connectivity index (χ0n) is 13.4. The summed E-state index contributed by atoms with van der Waals surface area (Å²) in [5.74, 6) is 0.703. The first-order valence-electron chi connectivity index (χ1n) is 7.99. The van der Waals surface area contributed by atoms with Crippen molar-refractivity contribution in [3.63, 3.8) is 0 Å². The standard InChI is InChI=1S/C16H22N6O/c1-13-4-5-15(18-9-13)20-16(23)14-3-2-6-21(10-14)7-8-22-12-17-11-19-22/h4-5,9,11-12,14H,2-3,6-8,10H2,1H3,(H,18,20,23)/t14-/m1/s1. The Balaban J connectivity index is 1.50. The van der Waals surface area contributed by atoms with Crippen molar-refractivity contribution in [3.05, 3.63) is 36.5 Å². The van der Waals surface area contributed by atoms with Crippen molar-refractivity contribution in [2.24, 2.45) is 5.92 Å². The predicted molar refractivity (Wildman–Crippen MR) is 86.8 cm³/mol. The number of hydrogen-bond donors (Lipinski definition) is 1. The number of anilines is 1. The molecule has 2 aromatic heterocycles. The van der Waals surface area contributed by atoms with E-state index < -0.39 is 0 Å². The lowest BCUT2D eigenvalue weighted by Crippen LogP contribution is -2.42. The Kier molecular flexibility index (Phi) is 4.97. The Labute approximate surface area is 135 Å². The van der Waals surface area contributed by atoms with Crippen LogP contribution in [0.2, 0.25) is 0 Å². The number of carbonyl (C=O) groups excluding carboxylic acids is 1. The van der Waals surface area contributed by atoms with E-state index in [9.17, 15) is 4.79 Å². The summed E-state index contributed by atoms with van der Waals surface area (Å²) in [6.07, 6.45) is 6.99. The summed E-state index contributed by atoms with van der Waals surface area (Å²) < 4.78 is 1.82. The van der Waals surface area contributed by atoms with Gasteiger partial charge in [0, 0.05) is 19.3 Å². The Morgan fingerprint density at radius 3 is 3.04 bits per heavy atom. The van der Waals surface area contributed by atoms with Gasteiger partial charge in [-0.25, -0.2) is 9.97 Å². The lowest BCUT2D eigenvalue weighted by Gasteiger charge is -2.31. The van der Waals surface area contributed by atoms with Crippen LogP contribution in [0.4, 0.5) is 5.82 Å². The maximum absolute atomic E-state index is 12.4. The highest BCUT2D eigenvalue weighted by molar-refractivity contribution is 5.91. The molecule has 7 nitrogen and oxygen atoms in total. The van der Waals surface area contributed by atoms with Gasteiger partial charge in [-0.3, -0.25) is 9.48 Å². The zero-order valence-corrected chi connectivity index (χ0v) is 13.4. The fourth-order valence-electron chi connectivity index (χ4n) is 2.83. The number of likely N-dealkylation sites (tertiary alicyclic amines) is 1. The van der Waals surface area contributed by atoms with Crippen LogP contribution < -0.4 is 5.32 Å². The lowest BCUT2D eigenvalue weighted by molar-refractivity contribution is -0.121. The quantitative estimate of drug-likeness (QED) is 0.901. The highest BCUT2D eigenvalue weighted by atomic mass is 16.2. The maximum Gasteiger partial charge on any atom is 0.229 e. The Hall–Kier alpha value is -2.28. The van der Waals surface area contributed by atoms with Crippen molar-refractivity contribution in [1.29, 1.82) is 0 Å². The first-order valence-corrected chi connectivity index (χ1v) is 7.99. The second kappa shape index (κ2) is 7.32. The molecule has 1 aliphatic rings. The highest BCUT2D eigenvalue weighted by Gasteiger charge is 2.25. The van der Waals surface area contributed by atoms with Crippen molar-refractivity contribution in [2.45, 2.75) is 26.3 Å². The molecule has 1 amide bonds. The molecule has 1 aliphatic heterocycles. The minimum Gasteiger partial charge on any atom is -0.310 e. The van der Waals surface area contributed by atoms with Crippen LogP contribution in [0.3, 0.4) is 0 Å². The third-order valence-electron chi connectivity index (χ3n) is 4.15. The smallest absolute Gasteiger partial charge is 0.229 e. The maximum atomic E-state index is 12.4. The van der Waals surface area contributed by atoms with Gasteiger partial charge in [0.15, 0.2) is 0 Å². The van der Waals surface area contributed by atoms with Crippen LogP contribution >= 0.6 is 0 Å². The Morgan fingerprint density at radius 2 is 2.30 bits per heavy atom. The summed E-state index contributed by atoms with van der Waals surface area (Å²) in [4.78, 5) is 22.9. The molecule has 1 saturated heterocycles. The van der Waals surface area contributed by atoms with Crippen LogP contribution in [0.25, 0.3) is 0 Å². The molecule has 0 radical (unpaired) electrons. The highest BCUT2D eigenvalue weighted by Crippen LogP contribution is 2.18. The zero-order chi connectivity index (χ0) is 16.1. The van der Waals surface area contributed by atoms with Gasteiger partial charge in [-0.2, -0.15) is 5.10 Å². The summed E-state index contributed by atoms with van der Waals surface area (Å²) >= 11 is 0. The lowest BCUT2D eigenvalue weighted by atomic mass is 9.97. The van der Waals surface area contributed by atoms with Gasteiger partial charge in [0.2, 0.25) is 5.91 Å². The van der Waals surface area contributed by atoms with Gasteiger partial charge in [-0.05, 0) is 37.9 Å². The van der Waals surface area contributed by atoms with Crippen LogP contribution in [0.1, 0.15) is 18.4 Å². The Morgan fingerprint density at radius 1 is 1.39 bits per heavy atom. The third kappa shape index (κ3) is 4.35. The molecule has 1 atom stereocenters. The second-order valence-corrected chi connectivity index (χ2v) is 6.01. The van der Waals surface area contributed by atoms with E-state index in [2.05, 4.69) is 25.3 Å². The molecule has 3 rings (SSSR count). The van der Waals surface area contributed by atoms with Crippen LogP contribution in [0.5, 0.6) is 0 Å². The van der Waals surface area contributed by atoms with Crippen molar-refractivity contribution in [2.75, 3.05) is 25.0 Å². The number of aryl methyl sites for hydroxylation is 1. The van der Waals surface area contributed by atoms with Gasteiger partial charge < -0.3 is 10.2 Å². The van der Waals surface area contributed by atoms with E-state index in [4.69, 9.17) is 0 Å². The van der Waals surface area contributed by atoms with Crippen LogP contribution in [0.15, 0.2) is 31.0 Å². The number of amides is 1. The van der Waals surface area contributed by atoms with E-state index in [0.29, 0.717) is 5.82 Å². The molecule has 0 bridgehead atoms.